The molecule has 2 aromatic heterocycles. The van der Waals surface area contributed by atoms with E-state index in [1.807, 2.05) is 28.9 Å². The lowest BCUT2D eigenvalue weighted by Gasteiger charge is -2.21. The van der Waals surface area contributed by atoms with Gasteiger partial charge in [0.1, 0.15) is 5.03 Å². The number of benzene rings is 1. The maximum absolute atomic E-state index is 4.63. The highest BCUT2D eigenvalue weighted by Crippen LogP contribution is 2.32. The molecule has 1 fully saturated rings. The van der Waals surface area contributed by atoms with E-state index in [2.05, 4.69) is 25.5 Å². The maximum atomic E-state index is 4.63. The third kappa shape index (κ3) is 2.68. The summed E-state index contributed by atoms with van der Waals surface area (Å²) in [6.07, 6.45) is 7.92. The van der Waals surface area contributed by atoms with Crippen molar-refractivity contribution in [3.05, 3.63) is 30.5 Å². The first-order valence-electron chi connectivity index (χ1n) is 7.58. The van der Waals surface area contributed by atoms with E-state index in [4.69, 9.17) is 0 Å². The summed E-state index contributed by atoms with van der Waals surface area (Å²) in [7, 11) is 0. The minimum absolute atomic E-state index is 0.416. The smallest absolute Gasteiger partial charge is 0.215 e. The monoisotopic (exact) mass is 312 g/mol. The quantitative estimate of drug-likeness (QED) is 0.739. The van der Waals surface area contributed by atoms with Crippen molar-refractivity contribution >= 4 is 22.8 Å². The lowest BCUT2D eigenvalue weighted by Crippen LogP contribution is -2.15. The van der Waals surface area contributed by atoms with Gasteiger partial charge >= 0.3 is 0 Å². The van der Waals surface area contributed by atoms with Crippen molar-refractivity contribution in [3.63, 3.8) is 0 Å². The summed E-state index contributed by atoms with van der Waals surface area (Å²) in [5.74, 6) is 0. The molecule has 1 aromatic carbocycles. The Hall–Kier alpha value is -2.02. The molecular weight excluding hydrogens is 296 g/mol. The molecule has 0 amide bonds. The van der Waals surface area contributed by atoms with Crippen LogP contribution >= 0.6 is 11.8 Å². The van der Waals surface area contributed by atoms with E-state index < -0.39 is 0 Å². The second-order valence-electron chi connectivity index (χ2n) is 5.50. The van der Waals surface area contributed by atoms with Crippen LogP contribution in [0.3, 0.4) is 0 Å². The van der Waals surface area contributed by atoms with E-state index in [-0.39, 0.29) is 0 Å². The Morgan fingerprint density at radius 2 is 1.86 bits per heavy atom. The van der Waals surface area contributed by atoms with E-state index in [1.54, 1.807) is 6.20 Å². The standard InChI is InChI=1S/C15H16N6S/c1-2-6-11(7-3-1)21-15(18-19-20-21)22-14-10-16-12-8-4-5-9-13(12)17-14/h4-5,8-11H,1-3,6-7H2. The van der Waals surface area contributed by atoms with Crippen LogP contribution in [0.2, 0.25) is 0 Å². The summed E-state index contributed by atoms with van der Waals surface area (Å²) in [6, 6.07) is 8.28. The van der Waals surface area contributed by atoms with E-state index in [9.17, 15) is 0 Å². The van der Waals surface area contributed by atoms with Gasteiger partial charge in [-0.25, -0.2) is 9.67 Å². The Morgan fingerprint density at radius 3 is 2.73 bits per heavy atom. The Morgan fingerprint density at radius 1 is 1.05 bits per heavy atom. The van der Waals surface area contributed by atoms with E-state index >= 15 is 0 Å². The molecule has 3 aromatic rings. The molecule has 7 heteroatoms. The third-order valence-electron chi connectivity index (χ3n) is 4.01. The Kier molecular flexibility index (Phi) is 3.72. The molecule has 0 N–H and O–H groups in total. The molecule has 0 radical (unpaired) electrons. The van der Waals surface area contributed by atoms with Gasteiger partial charge in [-0.05, 0) is 47.2 Å². The number of rotatable bonds is 3. The van der Waals surface area contributed by atoms with Gasteiger partial charge in [-0.15, -0.1) is 5.10 Å². The molecular formula is C15H16N6S. The van der Waals surface area contributed by atoms with Gasteiger partial charge in [0, 0.05) is 0 Å². The normalized spacial score (nSPS) is 16.2. The molecule has 0 aliphatic heterocycles. The zero-order valence-corrected chi connectivity index (χ0v) is 12.9. The molecule has 0 saturated heterocycles. The fourth-order valence-electron chi connectivity index (χ4n) is 2.89. The second kappa shape index (κ2) is 6.00. The summed E-state index contributed by atoms with van der Waals surface area (Å²) in [5.41, 5.74) is 1.79. The summed E-state index contributed by atoms with van der Waals surface area (Å²) < 4.78 is 1.96. The zero-order valence-electron chi connectivity index (χ0n) is 12.1. The molecule has 1 aliphatic carbocycles. The Balaban J connectivity index is 1.61. The first-order valence-corrected chi connectivity index (χ1v) is 8.39. The highest BCUT2D eigenvalue weighted by Gasteiger charge is 2.21. The van der Waals surface area contributed by atoms with Gasteiger partial charge in [-0.1, -0.05) is 31.4 Å². The number of aromatic nitrogens is 6. The third-order valence-corrected chi connectivity index (χ3v) is 4.86. The van der Waals surface area contributed by atoms with Crippen LogP contribution in [0, 0.1) is 0 Å². The highest BCUT2D eigenvalue weighted by molar-refractivity contribution is 7.99. The van der Waals surface area contributed by atoms with Crippen molar-refractivity contribution in [1.82, 2.24) is 30.2 Å². The molecule has 0 bridgehead atoms. The van der Waals surface area contributed by atoms with Crippen molar-refractivity contribution in [2.75, 3.05) is 0 Å². The van der Waals surface area contributed by atoms with E-state index in [0.29, 0.717) is 6.04 Å². The minimum atomic E-state index is 0.416. The Labute approximate surface area is 132 Å². The fourth-order valence-corrected chi connectivity index (χ4v) is 3.68. The van der Waals surface area contributed by atoms with Gasteiger partial charge in [-0.2, -0.15) is 0 Å². The van der Waals surface area contributed by atoms with Crippen LogP contribution in [0.15, 0.2) is 40.6 Å². The van der Waals surface area contributed by atoms with Gasteiger partial charge in [0.15, 0.2) is 0 Å². The summed E-state index contributed by atoms with van der Waals surface area (Å²) in [5, 5.41) is 13.8. The van der Waals surface area contributed by atoms with Gasteiger partial charge < -0.3 is 0 Å². The molecule has 4 rings (SSSR count). The van der Waals surface area contributed by atoms with Crippen molar-refractivity contribution in [2.24, 2.45) is 0 Å². The average Bonchev–Trinajstić information content (AvgIpc) is 3.04. The first-order chi connectivity index (χ1) is 10.9. The molecule has 0 unspecified atom stereocenters. The minimum Gasteiger partial charge on any atom is -0.252 e. The average molecular weight is 312 g/mol. The molecule has 1 saturated carbocycles. The predicted molar refractivity (Wildman–Crippen MR) is 83.6 cm³/mol. The number of nitrogens with zero attached hydrogens (tertiary/aromatic N) is 6. The van der Waals surface area contributed by atoms with Crippen LogP contribution in [0.25, 0.3) is 11.0 Å². The molecule has 6 nitrogen and oxygen atoms in total. The predicted octanol–water partition coefficient (Wildman–Crippen LogP) is 3.27. The molecule has 0 atom stereocenters. The van der Waals surface area contributed by atoms with Crippen molar-refractivity contribution in [3.8, 4) is 0 Å². The molecule has 2 heterocycles. The lowest BCUT2D eigenvalue weighted by molar-refractivity contribution is 0.307. The largest absolute Gasteiger partial charge is 0.252 e. The SMILES string of the molecule is c1ccc2nc(Sc3nnnn3C3CCCCC3)cnc2c1. The lowest BCUT2D eigenvalue weighted by atomic mass is 9.96. The number of hydrogen-bond donors (Lipinski definition) is 0. The number of fused-ring (bicyclic) bond motifs is 1. The van der Waals surface area contributed by atoms with Crippen LogP contribution in [0.4, 0.5) is 0 Å². The number of para-hydroxylation sites is 2. The van der Waals surface area contributed by atoms with Crippen LogP contribution in [-0.2, 0) is 0 Å². The van der Waals surface area contributed by atoms with Crippen molar-refractivity contribution < 1.29 is 0 Å². The van der Waals surface area contributed by atoms with Crippen molar-refractivity contribution in [1.29, 1.82) is 0 Å². The summed E-state index contributed by atoms with van der Waals surface area (Å²) in [6.45, 7) is 0. The van der Waals surface area contributed by atoms with Crippen LogP contribution in [-0.4, -0.2) is 30.2 Å². The number of tetrazole rings is 1. The maximum Gasteiger partial charge on any atom is 0.215 e. The topological polar surface area (TPSA) is 69.4 Å². The number of hydrogen-bond acceptors (Lipinski definition) is 6. The first kappa shape index (κ1) is 13.6. The van der Waals surface area contributed by atoms with Gasteiger partial charge in [0.25, 0.3) is 0 Å². The van der Waals surface area contributed by atoms with Crippen LogP contribution in [0.1, 0.15) is 38.1 Å². The summed E-state index contributed by atoms with van der Waals surface area (Å²) >= 11 is 1.48. The van der Waals surface area contributed by atoms with E-state index in [0.717, 1.165) is 34.1 Å². The summed E-state index contributed by atoms with van der Waals surface area (Å²) in [4.78, 5) is 9.07. The van der Waals surface area contributed by atoms with Gasteiger partial charge in [0.05, 0.1) is 23.3 Å². The fraction of sp³-hybridized carbons (Fsp3) is 0.400. The Bertz CT molecular complexity index is 780. The molecule has 112 valence electrons. The molecule has 0 spiro atoms. The van der Waals surface area contributed by atoms with Gasteiger partial charge in [-0.3, -0.25) is 4.98 Å². The van der Waals surface area contributed by atoms with E-state index in [1.165, 1.54) is 31.0 Å². The molecule has 22 heavy (non-hydrogen) atoms. The van der Waals surface area contributed by atoms with Gasteiger partial charge in [0.2, 0.25) is 5.16 Å². The van der Waals surface area contributed by atoms with Crippen LogP contribution < -0.4 is 0 Å². The molecule has 1 aliphatic rings. The second-order valence-corrected chi connectivity index (χ2v) is 6.48. The van der Waals surface area contributed by atoms with Crippen molar-refractivity contribution in [2.45, 2.75) is 48.3 Å². The van der Waals surface area contributed by atoms with Crippen LogP contribution in [0.5, 0.6) is 0 Å². The highest BCUT2D eigenvalue weighted by atomic mass is 32.2. The zero-order chi connectivity index (χ0) is 14.8.